The van der Waals surface area contributed by atoms with Crippen molar-refractivity contribution in [1.82, 2.24) is 0 Å². The molecule has 2 heteroatoms. The highest BCUT2D eigenvalue weighted by Crippen LogP contribution is 2.57. The Hall–Kier alpha value is -1.15. The van der Waals surface area contributed by atoms with Gasteiger partial charge in [-0.1, -0.05) is 19.1 Å². The lowest BCUT2D eigenvalue weighted by atomic mass is 9.58. The summed E-state index contributed by atoms with van der Waals surface area (Å²) in [4.78, 5) is 11.7. The first-order chi connectivity index (χ1) is 10.6. The van der Waals surface area contributed by atoms with Gasteiger partial charge in [0.2, 0.25) is 0 Å². The van der Waals surface area contributed by atoms with Crippen LogP contribution in [0, 0.1) is 5.92 Å². The van der Waals surface area contributed by atoms with Gasteiger partial charge in [0.05, 0.1) is 12.2 Å². The van der Waals surface area contributed by atoms with Crippen LogP contribution in [0.1, 0.15) is 73.9 Å². The molecular formula is C20H26O2. The van der Waals surface area contributed by atoms with E-state index in [4.69, 9.17) is 4.74 Å². The first-order valence-corrected chi connectivity index (χ1v) is 8.87. The van der Waals surface area contributed by atoms with E-state index < -0.39 is 0 Å². The second-order valence-electron chi connectivity index (χ2n) is 7.70. The molecule has 3 atom stereocenters. The molecule has 0 unspecified atom stereocenters. The van der Waals surface area contributed by atoms with Crippen molar-refractivity contribution >= 4 is 5.78 Å². The summed E-state index contributed by atoms with van der Waals surface area (Å²) in [6, 6.07) is 6.51. The number of carbonyl (C=O) groups is 1. The van der Waals surface area contributed by atoms with Gasteiger partial charge in [0.1, 0.15) is 0 Å². The molecule has 1 aliphatic heterocycles. The Morgan fingerprint density at radius 3 is 2.86 bits per heavy atom. The van der Waals surface area contributed by atoms with Gasteiger partial charge in [0.25, 0.3) is 0 Å². The molecule has 1 saturated heterocycles. The highest BCUT2D eigenvalue weighted by Gasteiger charge is 2.56. The molecule has 0 radical (unpaired) electrons. The van der Waals surface area contributed by atoms with E-state index in [0.717, 1.165) is 24.5 Å². The Bertz CT molecular complexity index is 614. The van der Waals surface area contributed by atoms with Crippen LogP contribution in [0.4, 0.5) is 0 Å². The van der Waals surface area contributed by atoms with E-state index in [1.54, 1.807) is 6.92 Å². The van der Waals surface area contributed by atoms with Crippen LogP contribution in [0.3, 0.4) is 0 Å². The number of hydrogen-bond donors (Lipinski definition) is 0. The van der Waals surface area contributed by atoms with Crippen LogP contribution in [0.2, 0.25) is 0 Å². The molecule has 118 valence electrons. The number of benzene rings is 1. The van der Waals surface area contributed by atoms with Gasteiger partial charge < -0.3 is 4.74 Å². The highest BCUT2D eigenvalue weighted by molar-refractivity contribution is 5.94. The average Bonchev–Trinajstić information content (AvgIpc) is 3.29. The number of carbonyl (C=O) groups excluding carboxylic acids is 1. The van der Waals surface area contributed by atoms with Gasteiger partial charge in [-0.15, -0.1) is 0 Å². The molecule has 2 nitrogen and oxygen atoms in total. The van der Waals surface area contributed by atoms with Gasteiger partial charge in [0.15, 0.2) is 5.78 Å². The van der Waals surface area contributed by atoms with Gasteiger partial charge in [-0.3, -0.25) is 4.79 Å². The normalized spacial score (nSPS) is 36.4. The van der Waals surface area contributed by atoms with E-state index in [-0.39, 0.29) is 11.4 Å². The number of fused-ring (bicyclic) bond motifs is 3. The summed E-state index contributed by atoms with van der Waals surface area (Å²) in [5.41, 5.74) is 4.41. The number of Topliss-reactive ketones (excluding diaryl/α,β-unsaturated/α-hetero) is 1. The molecule has 4 rings (SSSR count). The first-order valence-electron chi connectivity index (χ1n) is 8.87. The summed E-state index contributed by atoms with van der Waals surface area (Å²) in [6.07, 6.45) is 8.60. The van der Waals surface area contributed by atoms with Gasteiger partial charge in [0, 0.05) is 5.56 Å². The van der Waals surface area contributed by atoms with Crippen LogP contribution in [-0.2, 0) is 16.6 Å². The van der Waals surface area contributed by atoms with Crippen molar-refractivity contribution in [2.24, 2.45) is 5.92 Å². The molecule has 2 fully saturated rings. The second-order valence-corrected chi connectivity index (χ2v) is 7.70. The Morgan fingerprint density at radius 2 is 2.18 bits per heavy atom. The Balaban J connectivity index is 1.79. The van der Waals surface area contributed by atoms with Gasteiger partial charge in [-0.05, 0) is 80.4 Å². The molecule has 3 aliphatic rings. The van der Waals surface area contributed by atoms with Crippen LogP contribution < -0.4 is 0 Å². The molecule has 0 N–H and O–H groups in total. The average molecular weight is 298 g/mol. The monoisotopic (exact) mass is 298 g/mol. The summed E-state index contributed by atoms with van der Waals surface area (Å²) < 4.78 is 5.81. The lowest BCUT2D eigenvalue weighted by Gasteiger charge is -2.46. The minimum absolute atomic E-state index is 0.183. The molecule has 1 spiro atoms. The lowest BCUT2D eigenvalue weighted by Crippen LogP contribution is -2.43. The van der Waals surface area contributed by atoms with Gasteiger partial charge >= 0.3 is 0 Å². The molecule has 0 bridgehead atoms. The highest BCUT2D eigenvalue weighted by atomic mass is 16.6. The first kappa shape index (κ1) is 14.4. The minimum Gasteiger partial charge on any atom is -0.370 e. The molecule has 2 aliphatic carbocycles. The molecule has 1 aromatic carbocycles. The maximum Gasteiger partial charge on any atom is 0.159 e. The maximum atomic E-state index is 11.7. The van der Waals surface area contributed by atoms with Crippen molar-refractivity contribution in [3.05, 3.63) is 34.9 Å². The number of ketones is 1. The fraction of sp³-hybridized carbons (Fsp3) is 0.650. The summed E-state index contributed by atoms with van der Waals surface area (Å²) in [7, 11) is 0. The number of ether oxygens (including phenoxy) is 1. The molecule has 1 aromatic rings. The third-order valence-electron chi connectivity index (χ3n) is 6.66. The number of rotatable bonds is 2. The van der Waals surface area contributed by atoms with Crippen LogP contribution >= 0.6 is 0 Å². The zero-order valence-electron chi connectivity index (χ0n) is 13.8. The van der Waals surface area contributed by atoms with Crippen molar-refractivity contribution < 1.29 is 9.53 Å². The standard InChI is InChI=1S/C20H26O2/c1-3-20-10-9-19(13-22-19)12-17(20)6-4-5-16-11-15(14(2)21)7-8-18(16)20/h7-8,11,17H,3-6,9-10,12-13H2,1-2H3/t17-,19+,20+/m0/s1. The minimum atomic E-state index is 0.183. The summed E-state index contributed by atoms with van der Waals surface area (Å²) in [5.74, 6) is 0.932. The Kier molecular flexibility index (Phi) is 3.23. The molecular weight excluding hydrogens is 272 g/mol. The fourth-order valence-electron chi connectivity index (χ4n) is 5.20. The van der Waals surface area contributed by atoms with Crippen LogP contribution in [0.15, 0.2) is 18.2 Å². The third-order valence-corrected chi connectivity index (χ3v) is 6.66. The Morgan fingerprint density at radius 1 is 1.36 bits per heavy atom. The smallest absolute Gasteiger partial charge is 0.159 e. The number of epoxide rings is 1. The predicted octanol–water partition coefficient (Wildman–Crippen LogP) is 4.44. The van der Waals surface area contributed by atoms with E-state index >= 15 is 0 Å². The molecule has 0 amide bonds. The maximum absolute atomic E-state index is 11.7. The third kappa shape index (κ3) is 2.07. The molecule has 1 saturated carbocycles. The SMILES string of the molecule is CC[C@@]12CC[C@]3(CO3)C[C@@H]1CCCc1cc(C(C)=O)ccc12. The Labute approximate surface area is 133 Å². The largest absolute Gasteiger partial charge is 0.370 e. The van der Waals surface area contributed by atoms with Crippen LogP contribution in [0.25, 0.3) is 0 Å². The molecule has 22 heavy (non-hydrogen) atoms. The number of hydrogen-bond acceptors (Lipinski definition) is 2. The lowest BCUT2D eigenvalue weighted by molar-refractivity contribution is 0.0969. The second kappa shape index (κ2) is 4.92. The van der Waals surface area contributed by atoms with Crippen LogP contribution in [-0.4, -0.2) is 18.0 Å². The zero-order chi connectivity index (χ0) is 15.4. The van der Waals surface area contributed by atoms with Crippen molar-refractivity contribution in [2.75, 3.05) is 6.61 Å². The van der Waals surface area contributed by atoms with E-state index in [2.05, 4.69) is 25.1 Å². The molecule has 1 heterocycles. The molecule has 0 aromatic heterocycles. The summed E-state index contributed by atoms with van der Waals surface area (Å²) in [5, 5.41) is 0. The van der Waals surface area contributed by atoms with E-state index in [0.29, 0.717) is 5.41 Å². The zero-order valence-corrected chi connectivity index (χ0v) is 13.8. The summed E-state index contributed by atoms with van der Waals surface area (Å²) in [6.45, 7) is 5.01. The van der Waals surface area contributed by atoms with Gasteiger partial charge in [-0.2, -0.15) is 0 Å². The van der Waals surface area contributed by atoms with Crippen molar-refractivity contribution in [3.63, 3.8) is 0 Å². The van der Waals surface area contributed by atoms with E-state index in [1.165, 1.54) is 49.7 Å². The number of aryl methyl sites for hydroxylation is 1. The van der Waals surface area contributed by atoms with E-state index in [9.17, 15) is 4.79 Å². The van der Waals surface area contributed by atoms with Crippen molar-refractivity contribution in [3.8, 4) is 0 Å². The quantitative estimate of drug-likeness (QED) is 0.596. The topological polar surface area (TPSA) is 29.6 Å². The van der Waals surface area contributed by atoms with Crippen molar-refractivity contribution in [1.29, 1.82) is 0 Å². The predicted molar refractivity (Wildman–Crippen MR) is 87.4 cm³/mol. The van der Waals surface area contributed by atoms with Crippen molar-refractivity contribution in [2.45, 2.75) is 69.8 Å². The fourth-order valence-corrected chi connectivity index (χ4v) is 5.20. The van der Waals surface area contributed by atoms with E-state index in [1.807, 2.05) is 0 Å². The van der Waals surface area contributed by atoms with Crippen LogP contribution in [0.5, 0.6) is 0 Å². The van der Waals surface area contributed by atoms with Gasteiger partial charge in [-0.25, -0.2) is 0 Å². The summed E-state index contributed by atoms with van der Waals surface area (Å²) >= 11 is 0.